The number of benzene rings is 2. The Bertz CT molecular complexity index is 976. The number of carbonyl (C=O) groups is 1. The molecular weight excluding hydrogens is 371 g/mol. The van der Waals surface area contributed by atoms with E-state index < -0.39 is 0 Å². The zero-order valence-electron chi connectivity index (χ0n) is 14.2. The second-order valence-electron chi connectivity index (χ2n) is 5.69. The van der Waals surface area contributed by atoms with E-state index in [1.807, 2.05) is 25.1 Å². The van der Waals surface area contributed by atoms with Gasteiger partial charge in [0.2, 0.25) is 5.95 Å². The summed E-state index contributed by atoms with van der Waals surface area (Å²) >= 11 is 12.2. The van der Waals surface area contributed by atoms with E-state index in [2.05, 4.69) is 20.6 Å². The van der Waals surface area contributed by atoms with Crippen LogP contribution in [0, 0.1) is 13.8 Å². The maximum absolute atomic E-state index is 12.6. The van der Waals surface area contributed by atoms with E-state index >= 15 is 0 Å². The fourth-order valence-electron chi connectivity index (χ4n) is 2.35. The highest BCUT2D eigenvalue weighted by molar-refractivity contribution is 6.33. The minimum atomic E-state index is -0.344. The monoisotopic (exact) mass is 386 g/mol. The molecule has 1 heterocycles. The minimum absolute atomic E-state index is 0.242. The van der Waals surface area contributed by atoms with E-state index in [0.29, 0.717) is 33.1 Å². The van der Waals surface area contributed by atoms with Crippen LogP contribution in [0.2, 0.25) is 10.0 Å². The predicted molar refractivity (Wildman–Crippen MR) is 106 cm³/mol. The summed E-state index contributed by atoms with van der Waals surface area (Å²) in [5, 5.41) is 6.99. The largest absolute Gasteiger partial charge is 0.323 e. The Labute approximate surface area is 161 Å². The maximum atomic E-state index is 12.6. The molecule has 0 aliphatic carbocycles. The molecule has 2 aromatic carbocycles. The zero-order valence-corrected chi connectivity index (χ0v) is 15.7. The summed E-state index contributed by atoms with van der Waals surface area (Å²) in [7, 11) is 0. The number of anilines is 3. The van der Waals surface area contributed by atoms with Crippen molar-refractivity contribution in [2.45, 2.75) is 13.8 Å². The second kappa shape index (κ2) is 7.72. The molecular formula is C19H16Cl2N4O. The van der Waals surface area contributed by atoms with E-state index in [0.717, 1.165) is 5.56 Å². The molecule has 0 saturated heterocycles. The normalized spacial score (nSPS) is 10.5. The van der Waals surface area contributed by atoms with E-state index in [-0.39, 0.29) is 11.6 Å². The lowest BCUT2D eigenvalue weighted by Crippen LogP contribution is -2.16. The first-order chi connectivity index (χ1) is 12.4. The lowest BCUT2D eigenvalue weighted by Gasteiger charge is -2.11. The topological polar surface area (TPSA) is 66.9 Å². The highest BCUT2D eigenvalue weighted by atomic mass is 35.5. The van der Waals surface area contributed by atoms with E-state index in [1.54, 1.807) is 37.3 Å². The van der Waals surface area contributed by atoms with Gasteiger partial charge in [-0.25, -0.2) is 9.97 Å². The number of amides is 1. The molecule has 7 heteroatoms. The number of para-hydroxylation sites is 1. The van der Waals surface area contributed by atoms with Crippen molar-refractivity contribution in [3.63, 3.8) is 0 Å². The van der Waals surface area contributed by atoms with Gasteiger partial charge in [0.1, 0.15) is 5.69 Å². The van der Waals surface area contributed by atoms with Gasteiger partial charge in [-0.2, -0.15) is 0 Å². The van der Waals surface area contributed by atoms with Crippen molar-refractivity contribution in [1.82, 2.24) is 9.97 Å². The number of carbonyl (C=O) groups excluding carboxylic acids is 1. The molecule has 0 bridgehead atoms. The molecule has 3 aromatic rings. The van der Waals surface area contributed by atoms with Gasteiger partial charge in [-0.3, -0.25) is 4.79 Å². The molecule has 132 valence electrons. The van der Waals surface area contributed by atoms with Gasteiger partial charge < -0.3 is 10.6 Å². The third-order valence-corrected chi connectivity index (χ3v) is 4.46. The van der Waals surface area contributed by atoms with Crippen molar-refractivity contribution in [2.75, 3.05) is 10.6 Å². The minimum Gasteiger partial charge on any atom is -0.323 e. The number of halogens is 2. The molecule has 0 atom stereocenters. The Morgan fingerprint density at radius 1 is 0.923 bits per heavy atom. The summed E-state index contributed by atoms with van der Waals surface area (Å²) < 4.78 is 0. The van der Waals surface area contributed by atoms with Crippen LogP contribution in [0.3, 0.4) is 0 Å². The summed E-state index contributed by atoms with van der Waals surface area (Å²) in [5.41, 5.74) is 2.99. The van der Waals surface area contributed by atoms with Crippen molar-refractivity contribution in [1.29, 1.82) is 0 Å². The fourth-order valence-corrected chi connectivity index (χ4v) is 2.71. The summed E-state index contributed by atoms with van der Waals surface area (Å²) in [5.74, 6) is -0.0471. The Morgan fingerprint density at radius 2 is 1.62 bits per heavy atom. The number of hydrogen-bond donors (Lipinski definition) is 2. The highest BCUT2D eigenvalue weighted by Crippen LogP contribution is 2.25. The first-order valence-electron chi connectivity index (χ1n) is 7.88. The van der Waals surface area contributed by atoms with Crippen LogP contribution < -0.4 is 10.6 Å². The van der Waals surface area contributed by atoms with E-state index in [4.69, 9.17) is 23.2 Å². The van der Waals surface area contributed by atoms with Gasteiger partial charge in [-0.1, -0.05) is 41.4 Å². The van der Waals surface area contributed by atoms with Crippen LogP contribution in [0.4, 0.5) is 17.3 Å². The fraction of sp³-hybridized carbons (Fsp3) is 0.105. The molecule has 0 fully saturated rings. The molecule has 0 radical (unpaired) electrons. The van der Waals surface area contributed by atoms with Gasteiger partial charge in [0.15, 0.2) is 0 Å². The van der Waals surface area contributed by atoms with E-state index in [9.17, 15) is 4.79 Å². The van der Waals surface area contributed by atoms with E-state index in [1.165, 1.54) is 0 Å². The first kappa shape index (κ1) is 18.2. The smallest absolute Gasteiger partial charge is 0.274 e. The average molecular weight is 387 g/mol. The molecule has 0 aliphatic rings. The van der Waals surface area contributed by atoms with Crippen LogP contribution in [0.5, 0.6) is 0 Å². The van der Waals surface area contributed by atoms with Crippen LogP contribution in [-0.4, -0.2) is 15.9 Å². The van der Waals surface area contributed by atoms with Crippen molar-refractivity contribution < 1.29 is 4.79 Å². The van der Waals surface area contributed by atoms with Gasteiger partial charge in [0.05, 0.1) is 10.7 Å². The Kier molecular flexibility index (Phi) is 5.40. The zero-order chi connectivity index (χ0) is 18.7. The lowest BCUT2D eigenvalue weighted by molar-refractivity contribution is 0.102. The number of rotatable bonds is 4. The molecule has 0 unspecified atom stereocenters. The third kappa shape index (κ3) is 4.12. The van der Waals surface area contributed by atoms with Gasteiger partial charge in [0.25, 0.3) is 5.91 Å². The summed E-state index contributed by atoms with van der Waals surface area (Å²) in [6.45, 7) is 3.63. The molecule has 0 aliphatic heterocycles. The van der Waals surface area contributed by atoms with Crippen LogP contribution in [0.25, 0.3) is 0 Å². The number of nitrogens with one attached hydrogen (secondary N) is 2. The van der Waals surface area contributed by atoms with Crippen LogP contribution >= 0.6 is 23.2 Å². The van der Waals surface area contributed by atoms with Gasteiger partial charge in [-0.05, 0) is 49.7 Å². The lowest BCUT2D eigenvalue weighted by atomic mass is 10.2. The summed E-state index contributed by atoms with van der Waals surface area (Å²) in [6, 6.07) is 14.2. The molecule has 2 N–H and O–H groups in total. The average Bonchev–Trinajstić information content (AvgIpc) is 2.60. The highest BCUT2D eigenvalue weighted by Gasteiger charge is 2.13. The summed E-state index contributed by atoms with van der Waals surface area (Å²) in [4.78, 5) is 21.2. The molecule has 26 heavy (non-hydrogen) atoms. The Morgan fingerprint density at radius 3 is 2.38 bits per heavy atom. The van der Waals surface area contributed by atoms with Crippen LogP contribution in [-0.2, 0) is 0 Å². The second-order valence-corrected chi connectivity index (χ2v) is 6.50. The quantitative estimate of drug-likeness (QED) is 0.629. The molecule has 5 nitrogen and oxygen atoms in total. The number of nitrogens with zero attached hydrogens (tertiary/aromatic N) is 2. The van der Waals surface area contributed by atoms with Gasteiger partial charge >= 0.3 is 0 Å². The number of aryl methyl sites for hydroxylation is 1. The van der Waals surface area contributed by atoms with Crippen molar-refractivity contribution in [2.24, 2.45) is 0 Å². The predicted octanol–water partition coefficient (Wildman–Crippen LogP) is 5.40. The molecule has 0 saturated carbocycles. The Balaban J connectivity index is 1.86. The summed E-state index contributed by atoms with van der Waals surface area (Å²) in [6.07, 6.45) is 0. The molecule has 1 aromatic heterocycles. The molecule has 1 amide bonds. The Hall–Kier alpha value is -2.63. The standard InChI is InChI=1S/C19H16Cl2N4O/c1-11-10-17(18(26)23-15-9-5-7-13(20)12(15)2)25-19(22-11)24-16-8-4-3-6-14(16)21/h3-10H,1-2H3,(H,23,26)(H,22,24,25). The molecule has 0 spiro atoms. The first-order valence-corrected chi connectivity index (χ1v) is 8.63. The maximum Gasteiger partial charge on any atom is 0.274 e. The van der Waals surface area contributed by atoms with Crippen molar-refractivity contribution in [3.8, 4) is 0 Å². The van der Waals surface area contributed by atoms with Crippen LogP contribution in [0.1, 0.15) is 21.7 Å². The SMILES string of the molecule is Cc1cc(C(=O)Nc2cccc(Cl)c2C)nc(Nc2ccccc2Cl)n1. The molecule has 3 rings (SSSR count). The number of aromatic nitrogens is 2. The third-order valence-electron chi connectivity index (χ3n) is 3.72. The van der Waals surface area contributed by atoms with Crippen molar-refractivity contribution >= 4 is 46.4 Å². The van der Waals surface area contributed by atoms with Crippen molar-refractivity contribution in [3.05, 3.63) is 75.5 Å². The van der Waals surface area contributed by atoms with Gasteiger partial charge in [0, 0.05) is 16.4 Å². The van der Waals surface area contributed by atoms with Gasteiger partial charge in [-0.15, -0.1) is 0 Å². The van der Waals surface area contributed by atoms with Crippen LogP contribution in [0.15, 0.2) is 48.5 Å². The number of hydrogen-bond acceptors (Lipinski definition) is 4.